The molecule has 1 amide bonds. The minimum atomic E-state index is -0.718. The third-order valence-corrected chi connectivity index (χ3v) is 6.97. The zero-order valence-electron chi connectivity index (χ0n) is 20.3. The van der Waals surface area contributed by atoms with Gasteiger partial charge in [0.1, 0.15) is 30.2 Å². The van der Waals surface area contributed by atoms with E-state index in [-0.39, 0.29) is 38.2 Å². The predicted octanol–water partition coefficient (Wildman–Crippen LogP) is 2.92. The van der Waals surface area contributed by atoms with Crippen LogP contribution in [0.3, 0.4) is 0 Å². The van der Waals surface area contributed by atoms with Crippen molar-refractivity contribution < 1.29 is 19.1 Å². The summed E-state index contributed by atoms with van der Waals surface area (Å²) in [5, 5.41) is 17.2. The van der Waals surface area contributed by atoms with Gasteiger partial charge < -0.3 is 24.9 Å². The van der Waals surface area contributed by atoms with Crippen LogP contribution in [0.5, 0.6) is 5.75 Å². The lowest BCUT2D eigenvalue weighted by molar-refractivity contribution is 0.0838. The number of carbonyl (C=O) groups is 1. The molecule has 0 unspecified atom stereocenters. The third kappa shape index (κ3) is 6.92. The Morgan fingerprint density at radius 1 is 1.32 bits per heavy atom. The quantitative estimate of drug-likeness (QED) is 0.352. The van der Waals surface area contributed by atoms with E-state index in [0.717, 1.165) is 36.9 Å². The normalized spacial score (nSPS) is 16.2. The zero-order chi connectivity index (χ0) is 24.9. The molecule has 3 aromatic rings. The number of fused-ring (bicyclic) bond motifs is 1. The van der Waals surface area contributed by atoms with Crippen LogP contribution in [0.1, 0.15) is 46.6 Å². The number of amides is 1. The van der Waals surface area contributed by atoms with Crippen LogP contribution in [0, 0.1) is 0 Å². The van der Waals surface area contributed by atoms with Crippen molar-refractivity contribution in [2.75, 3.05) is 25.0 Å². The van der Waals surface area contributed by atoms with E-state index >= 15 is 0 Å². The van der Waals surface area contributed by atoms with E-state index in [0.29, 0.717) is 41.5 Å². The summed E-state index contributed by atoms with van der Waals surface area (Å²) >= 11 is 6.61. The van der Waals surface area contributed by atoms with Crippen LogP contribution < -0.4 is 15.4 Å². The van der Waals surface area contributed by atoms with Crippen LogP contribution in [0.15, 0.2) is 41.5 Å². The average Bonchev–Trinajstić information content (AvgIpc) is 3.38. The van der Waals surface area contributed by atoms with Crippen molar-refractivity contribution in [1.29, 1.82) is 0 Å². The number of halogens is 1. The number of ether oxygens (including phenoxy) is 1. The molecule has 2 aromatic heterocycles. The van der Waals surface area contributed by atoms with Crippen LogP contribution in [0.4, 0.5) is 5.82 Å². The van der Waals surface area contributed by atoms with Crippen molar-refractivity contribution in [3.63, 3.8) is 0 Å². The van der Waals surface area contributed by atoms with Crippen molar-refractivity contribution in [3.8, 4) is 5.75 Å². The van der Waals surface area contributed by atoms with Gasteiger partial charge >= 0.3 is 0 Å². The van der Waals surface area contributed by atoms with Gasteiger partial charge in [-0.3, -0.25) is 9.69 Å². The zero-order valence-corrected chi connectivity index (χ0v) is 22.1. The summed E-state index contributed by atoms with van der Waals surface area (Å²) in [7, 11) is 0. The summed E-state index contributed by atoms with van der Waals surface area (Å²) < 4.78 is 11.0. The van der Waals surface area contributed by atoms with Gasteiger partial charge in [0.15, 0.2) is 12.2 Å². The molecule has 2 aliphatic rings. The highest BCUT2D eigenvalue weighted by Gasteiger charge is 2.23. The fourth-order valence-electron chi connectivity index (χ4n) is 4.36. The Labute approximate surface area is 227 Å². The minimum Gasteiger partial charge on any atom is -0.484 e. The van der Waals surface area contributed by atoms with E-state index in [9.17, 15) is 9.90 Å². The lowest BCUT2D eigenvalue weighted by atomic mass is 9.93. The maximum Gasteiger partial charge on any atom is 0.270 e. The van der Waals surface area contributed by atoms with E-state index in [2.05, 4.69) is 30.5 Å². The predicted molar refractivity (Wildman–Crippen MR) is 143 cm³/mol. The van der Waals surface area contributed by atoms with Gasteiger partial charge in [0, 0.05) is 38.3 Å². The molecule has 1 aromatic carbocycles. The first-order valence-corrected chi connectivity index (χ1v) is 12.5. The fraction of sp³-hybridized carbons (Fsp3) is 0.440. The first-order chi connectivity index (χ1) is 17.5. The lowest BCUT2D eigenvalue weighted by Crippen LogP contribution is -2.42. The van der Waals surface area contributed by atoms with Crippen molar-refractivity contribution >= 4 is 36.8 Å². The number of aliphatic hydroxyl groups is 1. The molecule has 37 heavy (non-hydrogen) atoms. The van der Waals surface area contributed by atoms with Crippen molar-refractivity contribution in [3.05, 3.63) is 64.7 Å². The molecule has 1 aliphatic heterocycles. The average molecular weight is 547 g/mol. The Hall–Kier alpha value is -2.86. The molecule has 0 bridgehead atoms. The molecule has 198 valence electrons. The van der Waals surface area contributed by atoms with Crippen LogP contribution in [0.2, 0.25) is 5.02 Å². The molecule has 0 radical (unpaired) electrons. The van der Waals surface area contributed by atoms with Crippen LogP contribution >= 0.6 is 25.1 Å². The van der Waals surface area contributed by atoms with Gasteiger partial charge in [0.2, 0.25) is 0 Å². The largest absolute Gasteiger partial charge is 0.484 e. The number of hydrogen-bond donors (Lipinski definition) is 3. The van der Waals surface area contributed by atoms with Gasteiger partial charge in [-0.05, 0) is 42.9 Å². The summed E-state index contributed by atoms with van der Waals surface area (Å²) in [6.45, 7) is 2.22. The summed E-state index contributed by atoms with van der Waals surface area (Å²) in [6.07, 6.45) is 7.82. The highest BCUT2D eigenvalue weighted by Crippen LogP contribution is 2.34. The third-order valence-electron chi connectivity index (χ3n) is 6.55. The van der Waals surface area contributed by atoms with Crippen molar-refractivity contribution in [2.45, 2.75) is 51.0 Å². The second-order valence-corrected chi connectivity index (χ2v) is 9.56. The van der Waals surface area contributed by atoms with E-state index in [1.165, 1.54) is 19.1 Å². The molecule has 0 saturated heterocycles. The van der Waals surface area contributed by atoms with Crippen LogP contribution in [0.25, 0.3) is 0 Å². The molecule has 0 spiro atoms. The molecule has 1 aliphatic carbocycles. The lowest BCUT2D eigenvalue weighted by Gasteiger charge is -2.31. The standard InChI is InChI=1S/C25H29ClN6O4.H2S/c26-24-20-6-7-32(11-16(20)4-5-22(24)35-13-19-10-27-15-36-19)12-18(33)9-28-25(34)21-8-23(30-14-29-21)31-17-2-1-3-17;/h4-5,8,10,14-15,17-18,33H,1-3,6-7,9,11-13H2,(H,28,34)(H,29,30,31);1H2/t18-;/m0./s1. The van der Waals surface area contributed by atoms with E-state index < -0.39 is 6.10 Å². The molecular formula is C25H31ClN6O4S. The summed E-state index contributed by atoms with van der Waals surface area (Å²) in [4.78, 5) is 26.8. The molecule has 1 fully saturated rings. The number of rotatable bonds is 10. The van der Waals surface area contributed by atoms with Gasteiger partial charge in [0.25, 0.3) is 5.91 Å². The first-order valence-electron chi connectivity index (χ1n) is 12.1. The SMILES string of the molecule is O=C(NC[C@H](O)CN1CCc2c(ccc(OCc3cnco3)c2Cl)C1)c1cc(NC2CCC2)ncn1.S. The number of benzene rings is 1. The Kier molecular flexibility index (Phi) is 9.25. The Morgan fingerprint density at radius 3 is 2.95 bits per heavy atom. The van der Waals surface area contributed by atoms with Gasteiger partial charge in [-0.25, -0.2) is 15.0 Å². The maximum atomic E-state index is 12.5. The maximum absolute atomic E-state index is 12.5. The van der Waals surface area contributed by atoms with Crippen molar-refractivity contribution in [2.24, 2.45) is 0 Å². The summed E-state index contributed by atoms with van der Waals surface area (Å²) in [5.74, 6) is 1.56. The number of nitrogens with one attached hydrogen (secondary N) is 2. The number of β-amino-alcohol motifs (C(OH)–C–C–N with tert-alkyl or cyclic N) is 1. The van der Waals surface area contributed by atoms with Gasteiger partial charge in [0.05, 0.1) is 17.3 Å². The molecule has 10 nitrogen and oxygen atoms in total. The molecule has 12 heteroatoms. The van der Waals surface area contributed by atoms with Crippen molar-refractivity contribution in [1.82, 2.24) is 25.2 Å². The summed E-state index contributed by atoms with van der Waals surface area (Å²) in [5.41, 5.74) is 2.43. The number of oxazole rings is 1. The number of anilines is 1. The molecule has 3 heterocycles. The second kappa shape index (κ2) is 12.6. The highest BCUT2D eigenvalue weighted by atomic mass is 35.5. The number of aliphatic hydroxyl groups excluding tert-OH is 1. The Balaban J connectivity index is 0.00000320. The highest BCUT2D eigenvalue weighted by molar-refractivity contribution is 7.59. The topological polar surface area (TPSA) is 126 Å². The van der Waals surface area contributed by atoms with Gasteiger partial charge in [-0.15, -0.1) is 0 Å². The molecule has 3 N–H and O–H groups in total. The van der Waals surface area contributed by atoms with Gasteiger partial charge in [-0.1, -0.05) is 17.7 Å². The van der Waals surface area contributed by atoms with Gasteiger partial charge in [-0.2, -0.15) is 13.5 Å². The Morgan fingerprint density at radius 2 is 2.19 bits per heavy atom. The summed E-state index contributed by atoms with van der Waals surface area (Å²) in [6, 6.07) is 5.92. The number of aromatic nitrogens is 3. The molecule has 5 rings (SSSR count). The second-order valence-electron chi connectivity index (χ2n) is 9.18. The minimum absolute atomic E-state index is 0. The smallest absolute Gasteiger partial charge is 0.270 e. The van der Waals surface area contributed by atoms with Crippen LogP contribution in [-0.2, 0) is 19.6 Å². The fourth-order valence-corrected chi connectivity index (χ4v) is 4.70. The number of hydrogen-bond acceptors (Lipinski definition) is 9. The monoisotopic (exact) mass is 546 g/mol. The molecule has 1 atom stereocenters. The van der Waals surface area contributed by atoms with E-state index in [1.54, 1.807) is 12.3 Å². The first kappa shape index (κ1) is 27.2. The van der Waals surface area contributed by atoms with Crippen LogP contribution in [-0.4, -0.2) is 62.6 Å². The molecular weight excluding hydrogens is 516 g/mol. The van der Waals surface area contributed by atoms with E-state index in [4.69, 9.17) is 20.8 Å². The number of carbonyl (C=O) groups excluding carboxylic acids is 1. The molecule has 1 saturated carbocycles. The Bertz CT molecular complexity index is 1190. The van der Waals surface area contributed by atoms with E-state index in [1.807, 2.05) is 12.1 Å². The number of nitrogens with zero attached hydrogens (tertiary/aromatic N) is 4.